The smallest absolute Gasteiger partial charge is 0.242 e. The van der Waals surface area contributed by atoms with Crippen molar-refractivity contribution in [2.75, 3.05) is 23.7 Å². The van der Waals surface area contributed by atoms with Crippen LogP contribution in [0.15, 0.2) is 42.5 Å². The van der Waals surface area contributed by atoms with Gasteiger partial charge in [0.2, 0.25) is 21.8 Å². The molecule has 0 bridgehead atoms. The van der Waals surface area contributed by atoms with Crippen molar-refractivity contribution in [2.24, 2.45) is 0 Å². The summed E-state index contributed by atoms with van der Waals surface area (Å²) in [4.78, 5) is 28.2. The van der Waals surface area contributed by atoms with Gasteiger partial charge in [0.25, 0.3) is 0 Å². The number of rotatable bonds is 14. The van der Waals surface area contributed by atoms with Gasteiger partial charge in [-0.15, -0.1) is 0 Å². The van der Waals surface area contributed by atoms with Crippen LogP contribution in [0.5, 0.6) is 0 Å². The van der Waals surface area contributed by atoms with Gasteiger partial charge in [-0.25, -0.2) is 8.42 Å². The molecule has 1 unspecified atom stereocenters. The molecule has 1 atom stereocenters. The number of unbranched alkanes of at least 4 members (excludes halogenated alkanes) is 1. The third-order valence-electron chi connectivity index (χ3n) is 6.48. The second-order valence-corrected chi connectivity index (χ2v) is 11.7. The van der Waals surface area contributed by atoms with Crippen molar-refractivity contribution in [2.45, 2.75) is 72.4 Å². The lowest BCUT2D eigenvalue weighted by molar-refractivity contribution is -0.141. The van der Waals surface area contributed by atoms with Crippen molar-refractivity contribution in [3.05, 3.63) is 64.2 Å². The van der Waals surface area contributed by atoms with E-state index in [1.807, 2.05) is 38.1 Å². The molecule has 2 rings (SSSR count). The number of hydrogen-bond acceptors (Lipinski definition) is 4. The van der Waals surface area contributed by atoms with Gasteiger partial charge in [0.1, 0.15) is 6.04 Å². The number of benzene rings is 2. The van der Waals surface area contributed by atoms with Gasteiger partial charge in [-0.1, -0.05) is 62.2 Å². The molecular formula is C28H40ClN3O4S. The van der Waals surface area contributed by atoms with Crippen LogP contribution in [-0.2, 0) is 26.2 Å². The summed E-state index contributed by atoms with van der Waals surface area (Å²) in [5, 5.41) is 3.44. The predicted molar refractivity (Wildman–Crippen MR) is 151 cm³/mol. The lowest BCUT2D eigenvalue weighted by atomic mass is 10.0. The zero-order valence-corrected chi connectivity index (χ0v) is 24.2. The molecule has 2 aromatic rings. The Morgan fingerprint density at radius 1 is 1.03 bits per heavy atom. The molecule has 0 fully saturated rings. The maximum Gasteiger partial charge on any atom is 0.242 e. The standard InChI is InChI=1S/C28H40ClN3O4S/c1-6-8-18-30-28(34)25(7-2)31(20-23-14-10-9-13-21(23)3)27(33)17-12-19-32(37(5,35)36)26-16-11-15-24(29)22(26)4/h9-11,13-16,25H,6-8,12,17-20H2,1-5H3,(H,30,34). The van der Waals surface area contributed by atoms with Gasteiger partial charge in [-0.05, 0) is 61.9 Å². The van der Waals surface area contributed by atoms with Crippen LogP contribution in [0, 0.1) is 13.8 Å². The number of anilines is 1. The fourth-order valence-corrected chi connectivity index (χ4v) is 5.43. The third-order valence-corrected chi connectivity index (χ3v) is 8.07. The lowest BCUT2D eigenvalue weighted by Crippen LogP contribution is -2.49. The minimum Gasteiger partial charge on any atom is -0.354 e. The first-order valence-corrected chi connectivity index (χ1v) is 15.1. The Labute approximate surface area is 227 Å². The van der Waals surface area contributed by atoms with E-state index in [0.717, 1.165) is 30.2 Å². The highest BCUT2D eigenvalue weighted by molar-refractivity contribution is 7.92. The Hall–Kier alpha value is -2.58. The van der Waals surface area contributed by atoms with Gasteiger partial charge < -0.3 is 10.2 Å². The Kier molecular flexibility index (Phi) is 11.9. The number of halogens is 1. The molecule has 2 aromatic carbocycles. The van der Waals surface area contributed by atoms with Crippen molar-refractivity contribution < 1.29 is 18.0 Å². The quantitative estimate of drug-likeness (QED) is 0.327. The van der Waals surface area contributed by atoms with Crippen LogP contribution in [0.1, 0.15) is 62.6 Å². The molecule has 0 aliphatic heterocycles. The van der Waals surface area contributed by atoms with Gasteiger partial charge in [-0.3, -0.25) is 13.9 Å². The van der Waals surface area contributed by atoms with Crippen LogP contribution in [0.3, 0.4) is 0 Å². The van der Waals surface area contributed by atoms with E-state index in [2.05, 4.69) is 12.2 Å². The monoisotopic (exact) mass is 549 g/mol. The normalized spacial score (nSPS) is 12.2. The van der Waals surface area contributed by atoms with Crippen LogP contribution in [0.4, 0.5) is 5.69 Å². The fourth-order valence-electron chi connectivity index (χ4n) is 4.25. The molecule has 37 heavy (non-hydrogen) atoms. The maximum absolute atomic E-state index is 13.5. The zero-order chi connectivity index (χ0) is 27.6. The second kappa shape index (κ2) is 14.4. The van der Waals surface area contributed by atoms with Crippen molar-refractivity contribution in [1.29, 1.82) is 0 Å². The van der Waals surface area contributed by atoms with E-state index in [9.17, 15) is 18.0 Å². The van der Waals surface area contributed by atoms with Crippen molar-refractivity contribution in [3.63, 3.8) is 0 Å². The molecule has 0 aliphatic carbocycles. The minimum atomic E-state index is -3.59. The molecule has 0 heterocycles. The number of nitrogens with zero attached hydrogens (tertiary/aromatic N) is 2. The molecule has 9 heteroatoms. The first-order chi connectivity index (χ1) is 17.5. The fraction of sp³-hybridized carbons (Fsp3) is 0.500. The highest BCUT2D eigenvalue weighted by Gasteiger charge is 2.29. The molecular weight excluding hydrogens is 510 g/mol. The highest BCUT2D eigenvalue weighted by Crippen LogP contribution is 2.28. The van der Waals surface area contributed by atoms with Gasteiger partial charge in [0.15, 0.2) is 0 Å². The minimum absolute atomic E-state index is 0.107. The number of aryl methyl sites for hydroxylation is 1. The maximum atomic E-state index is 13.5. The van der Waals surface area contributed by atoms with E-state index in [0.29, 0.717) is 42.2 Å². The van der Waals surface area contributed by atoms with Gasteiger partial charge in [0, 0.05) is 31.1 Å². The Morgan fingerprint density at radius 3 is 2.35 bits per heavy atom. The molecule has 0 radical (unpaired) electrons. The number of amides is 2. The van der Waals surface area contributed by atoms with Crippen molar-refractivity contribution >= 4 is 39.1 Å². The molecule has 2 amide bonds. The number of nitrogens with one attached hydrogen (secondary N) is 1. The number of hydrogen-bond donors (Lipinski definition) is 1. The Bertz CT molecular complexity index is 1170. The van der Waals surface area contributed by atoms with Crippen LogP contribution in [0.2, 0.25) is 5.02 Å². The first kappa shape index (κ1) is 30.6. The molecule has 204 valence electrons. The van der Waals surface area contributed by atoms with Crippen LogP contribution >= 0.6 is 11.6 Å². The lowest BCUT2D eigenvalue weighted by Gasteiger charge is -2.31. The number of carbonyl (C=O) groups is 2. The van der Waals surface area contributed by atoms with E-state index in [1.165, 1.54) is 4.31 Å². The topological polar surface area (TPSA) is 86.8 Å². The summed E-state index contributed by atoms with van der Waals surface area (Å²) in [6.07, 6.45) is 3.87. The number of carbonyl (C=O) groups excluding carboxylic acids is 2. The summed E-state index contributed by atoms with van der Waals surface area (Å²) in [6.45, 7) is 8.72. The van der Waals surface area contributed by atoms with E-state index in [4.69, 9.17) is 11.6 Å². The highest BCUT2D eigenvalue weighted by atomic mass is 35.5. The molecule has 0 saturated carbocycles. The van der Waals surface area contributed by atoms with Gasteiger partial charge in [0.05, 0.1) is 11.9 Å². The van der Waals surface area contributed by atoms with Crippen molar-refractivity contribution in [3.8, 4) is 0 Å². The summed E-state index contributed by atoms with van der Waals surface area (Å²) >= 11 is 6.23. The summed E-state index contributed by atoms with van der Waals surface area (Å²) in [6, 6.07) is 12.3. The molecule has 0 aromatic heterocycles. The summed E-state index contributed by atoms with van der Waals surface area (Å²) in [5.41, 5.74) is 3.18. The van der Waals surface area contributed by atoms with Crippen LogP contribution in [0.25, 0.3) is 0 Å². The molecule has 7 nitrogen and oxygen atoms in total. The Morgan fingerprint density at radius 2 is 1.73 bits per heavy atom. The third kappa shape index (κ3) is 8.75. The average molecular weight is 550 g/mol. The van der Waals surface area contributed by atoms with Gasteiger partial charge in [-0.2, -0.15) is 0 Å². The van der Waals surface area contributed by atoms with Gasteiger partial charge >= 0.3 is 0 Å². The first-order valence-electron chi connectivity index (χ1n) is 12.9. The largest absolute Gasteiger partial charge is 0.354 e. The van der Waals surface area contributed by atoms with Crippen LogP contribution < -0.4 is 9.62 Å². The second-order valence-electron chi connectivity index (χ2n) is 9.34. The number of sulfonamides is 1. The molecule has 1 N–H and O–H groups in total. The zero-order valence-electron chi connectivity index (χ0n) is 22.6. The predicted octanol–water partition coefficient (Wildman–Crippen LogP) is 5.23. The average Bonchev–Trinajstić information content (AvgIpc) is 2.84. The van der Waals surface area contributed by atoms with E-state index < -0.39 is 16.1 Å². The van der Waals surface area contributed by atoms with E-state index >= 15 is 0 Å². The van der Waals surface area contributed by atoms with E-state index in [-0.39, 0.29) is 24.8 Å². The van der Waals surface area contributed by atoms with Crippen LogP contribution in [-0.4, -0.2) is 50.5 Å². The Balaban J connectivity index is 2.24. The SMILES string of the molecule is CCCCNC(=O)C(CC)N(Cc1ccccc1C)C(=O)CCCN(c1cccc(Cl)c1C)S(C)(=O)=O. The summed E-state index contributed by atoms with van der Waals surface area (Å²) in [7, 11) is -3.59. The summed E-state index contributed by atoms with van der Waals surface area (Å²) in [5.74, 6) is -0.345. The van der Waals surface area contributed by atoms with Crippen molar-refractivity contribution in [1.82, 2.24) is 10.2 Å². The van der Waals surface area contributed by atoms with E-state index in [1.54, 1.807) is 30.0 Å². The molecule has 0 saturated heterocycles. The molecule has 0 spiro atoms. The molecule has 0 aliphatic rings. The summed E-state index contributed by atoms with van der Waals surface area (Å²) < 4.78 is 26.5.